The number of esters is 5. The van der Waals surface area contributed by atoms with Crippen molar-refractivity contribution >= 4 is 40.8 Å². The first-order valence-corrected chi connectivity index (χ1v) is 18.1. The lowest BCUT2D eigenvalue weighted by Gasteiger charge is -2.55. The molecule has 2 aliphatic heterocycles. The summed E-state index contributed by atoms with van der Waals surface area (Å²) in [4.78, 5) is 61.1. The van der Waals surface area contributed by atoms with Gasteiger partial charge in [-0.3, -0.25) is 24.0 Å². The standard InChI is InChI=1S/C44H36O13/c1-21-13-33-32-11-9-30(51-23(3)46)19-38(32)56-44(35-12-10-31(52-24(4)47)20-39(35)53-25(5)48)43(33)34(14-21)42-40(54-26(6)49)16-28(17-41(42)57-44)36-15-27-7-8-29(50-22(2)45)18-37(27)55-36/h7-12,14-20,33-34,43H,13H2,1-6H3. The first-order valence-electron chi connectivity index (χ1n) is 18.1. The SMILES string of the molecule is CC(=O)Oc1ccc2c(c1)OC1(c3ccc(OC(C)=O)cc3OC(C)=O)Oc3cc(-c4cc5ccc(OC(C)=O)cc5o4)cc(OC(C)=O)c3C3C=C(C)CC2C31. The van der Waals surface area contributed by atoms with E-state index in [1.165, 1.54) is 40.7 Å². The molecular formula is C44H36O13. The Morgan fingerprint density at radius 3 is 1.91 bits per heavy atom. The fourth-order valence-corrected chi connectivity index (χ4v) is 8.22. The van der Waals surface area contributed by atoms with Crippen LogP contribution in [0.3, 0.4) is 0 Å². The molecule has 290 valence electrons. The Labute approximate surface area is 326 Å². The van der Waals surface area contributed by atoms with Crippen molar-refractivity contribution in [3.8, 4) is 51.6 Å². The van der Waals surface area contributed by atoms with Crippen LogP contribution in [0.25, 0.3) is 22.3 Å². The van der Waals surface area contributed by atoms with Crippen molar-refractivity contribution in [2.75, 3.05) is 0 Å². The van der Waals surface area contributed by atoms with Gasteiger partial charge in [-0.15, -0.1) is 0 Å². The Hall–Kier alpha value is -6.89. The van der Waals surface area contributed by atoms with Crippen LogP contribution in [0.5, 0.6) is 40.2 Å². The van der Waals surface area contributed by atoms with Crippen LogP contribution in [0.15, 0.2) is 88.9 Å². The molecule has 5 aromatic rings. The van der Waals surface area contributed by atoms with Crippen molar-refractivity contribution in [1.82, 2.24) is 0 Å². The average Bonchev–Trinajstić information content (AvgIpc) is 3.53. The molecule has 8 rings (SSSR count). The molecular weight excluding hydrogens is 736 g/mol. The number of rotatable bonds is 7. The minimum Gasteiger partial charge on any atom is -0.456 e. The van der Waals surface area contributed by atoms with Crippen molar-refractivity contribution in [2.45, 2.75) is 65.6 Å². The maximum atomic E-state index is 12.8. The second-order valence-electron chi connectivity index (χ2n) is 14.3. The lowest BCUT2D eigenvalue weighted by molar-refractivity contribution is -0.198. The molecule has 0 amide bonds. The van der Waals surface area contributed by atoms with Gasteiger partial charge in [0.05, 0.1) is 11.5 Å². The van der Waals surface area contributed by atoms with E-state index in [-0.39, 0.29) is 34.7 Å². The third-order valence-electron chi connectivity index (χ3n) is 10.0. The van der Waals surface area contributed by atoms with Gasteiger partial charge < -0.3 is 37.6 Å². The van der Waals surface area contributed by atoms with E-state index in [1.807, 2.05) is 13.0 Å². The van der Waals surface area contributed by atoms with Crippen molar-refractivity contribution in [1.29, 1.82) is 0 Å². The average molecular weight is 773 g/mol. The summed E-state index contributed by atoms with van der Waals surface area (Å²) in [7, 11) is 0. The Kier molecular flexibility index (Phi) is 9.10. The molecule has 13 nitrogen and oxygen atoms in total. The van der Waals surface area contributed by atoms with E-state index < -0.39 is 47.5 Å². The Morgan fingerprint density at radius 1 is 0.632 bits per heavy atom. The normalized spacial score (nSPS) is 20.0. The van der Waals surface area contributed by atoms with Gasteiger partial charge >= 0.3 is 29.8 Å². The summed E-state index contributed by atoms with van der Waals surface area (Å²) < 4.78 is 48.4. The van der Waals surface area contributed by atoms with Gasteiger partial charge in [0, 0.05) is 81.2 Å². The fourth-order valence-electron chi connectivity index (χ4n) is 8.22. The van der Waals surface area contributed by atoms with Gasteiger partial charge in [-0.2, -0.15) is 0 Å². The predicted molar refractivity (Wildman–Crippen MR) is 201 cm³/mol. The van der Waals surface area contributed by atoms with E-state index in [0.29, 0.717) is 51.3 Å². The molecule has 3 aliphatic rings. The van der Waals surface area contributed by atoms with Crippen molar-refractivity contribution in [2.24, 2.45) is 5.92 Å². The number of ether oxygens (including phenoxy) is 7. The molecule has 0 N–H and O–H groups in total. The van der Waals surface area contributed by atoms with Crippen LogP contribution >= 0.6 is 0 Å². The van der Waals surface area contributed by atoms with Gasteiger partial charge in [0.1, 0.15) is 51.6 Å². The monoisotopic (exact) mass is 772 g/mol. The Morgan fingerprint density at radius 2 is 1.23 bits per heavy atom. The highest BCUT2D eigenvalue weighted by Gasteiger charge is 2.62. The van der Waals surface area contributed by atoms with Crippen LogP contribution in [0.2, 0.25) is 0 Å². The van der Waals surface area contributed by atoms with E-state index in [4.69, 9.17) is 37.6 Å². The van der Waals surface area contributed by atoms with Gasteiger partial charge in [-0.05, 0) is 67.4 Å². The zero-order valence-corrected chi connectivity index (χ0v) is 31.8. The molecule has 57 heavy (non-hydrogen) atoms. The number of hydrogen-bond acceptors (Lipinski definition) is 13. The zero-order valence-electron chi connectivity index (χ0n) is 31.8. The molecule has 13 heteroatoms. The molecule has 0 saturated carbocycles. The molecule has 0 fully saturated rings. The molecule has 4 aromatic carbocycles. The van der Waals surface area contributed by atoms with E-state index >= 15 is 0 Å². The quantitative estimate of drug-likeness (QED) is 0.0885. The maximum absolute atomic E-state index is 12.8. The molecule has 1 aromatic heterocycles. The molecule has 0 spiro atoms. The smallest absolute Gasteiger partial charge is 0.308 e. The Balaban J connectivity index is 1.39. The first kappa shape index (κ1) is 37.1. The lowest BCUT2D eigenvalue weighted by atomic mass is 9.61. The number of fused-ring (bicyclic) bond motifs is 5. The van der Waals surface area contributed by atoms with Crippen LogP contribution in [0.1, 0.15) is 76.5 Å². The van der Waals surface area contributed by atoms with Crippen molar-refractivity contribution in [3.63, 3.8) is 0 Å². The van der Waals surface area contributed by atoms with Gasteiger partial charge in [-0.1, -0.05) is 17.7 Å². The van der Waals surface area contributed by atoms with Crippen LogP contribution in [0.4, 0.5) is 0 Å². The minimum atomic E-state index is -1.75. The van der Waals surface area contributed by atoms with Crippen molar-refractivity contribution < 1.29 is 61.5 Å². The molecule has 1 aliphatic carbocycles. The zero-order chi connectivity index (χ0) is 40.3. The summed E-state index contributed by atoms with van der Waals surface area (Å²) in [6.07, 6.45) is 2.68. The van der Waals surface area contributed by atoms with Gasteiger partial charge in [0.15, 0.2) is 0 Å². The van der Waals surface area contributed by atoms with Crippen LogP contribution in [0, 0.1) is 5.92 Å². The summed E-state index contributed by atoms with van der Waals surface area (Å²) in [6.45, 7) is 8.44. The third kappa shape index (κ3) is 6.85. The van der Waals surface area contributed by atoms with Crippen LogP contribution < -0.4 is 33.2 Å². The van der Waals surface area contributed by atoms with Crippen molar-refractivity contribution in [3.05, 3.63) is 101 Å². The highest BCUT2D eigenvalue weighted by Crippen LogP contribution is 2.65. The van der Waals surface area contributed by atoms with E-state index in [0.717, 1.165) is 11.1 Å². The summed E-state index contributed by atoms with van der Waals surface area (Å²) >= 11 is 0. The first-order chi connectivity index (χ1) is 27.2. The molecule has 0 bridgehead atoms. The number of carbonyl (C=O) groups excluding carboxylic acids is 5. The third-order valence-corrected chi connectivity index (χ3v) is 10.0. The fraction of sp³-hybridized carbons (Fsp3) is 0.250. The summed E-state index contributed by atoms with van der Waals surface area (Å²) in [5.41, 5.74) is 3.68. The second-order valence-corrected chi connectivity index (χ2v) is 14.3. The summed E-state index contributed by atoms with van der Waals surface area (Å²) in [5.74, 6) is -3.93. The summed E-state index contributed by atoms with van der Waals surface area (Å²) in [5, 5.41) is 0.716. The number of allylic oxidation sites excluding steroid dienone is 2. The molecule has 4 atom stereocenters. The number of furan rings is 1. The van der Waals surface area contributed by atoms with E-state index in [1.54, 1.807) is 60.7 Å². The van der Waals surface area contributed by atoms with E-state index in [9.17, 15) is 24.0 Å². The second kappa shape index (κ2) is 14.0. The predicted octanol–water partition coefficient (Wildman–Crippen LogP) is 8.20. The van der Waals surface area contributed by atoms with Crippen LogP contribution in [-0.2, 0) is 29.8 Å². The molecule has 0 saturated heterocycles. The number of hydrogen-bond donors (Lipinski definition) is 0. The summed E-state index contributed by atoms with van der Waals surface area (Å²) in [6, 6.07) is 20.1. The Bertz CT molecular complexity index is 2580. The molecule has 0 radical (unpaired) electrons. The van der Waals surface area contributed by atoms with Gasteiger partial charge in [-0.25, -0.2) is 0 Å². The molecule has 4 unspecified atom stereocenters. The maximum Gasteiger partial charge on any atom is 0.308 e. The van der Waals surface area contributed by atoms with Crippen LogP contribution in [-0.4, -0.2) is 29.8 Å². The van der Waals surface area contributed by atoms with Gasteiger partial charge in [0.25, 0.3) is 5.79 Å². The highest BCUT2D eigenvalue weighted by molar-refractivity contribution is 5.86. The topological polar surface area (TPSA) is 163 Å². The largest absolute Gasteiger partial charge is 0.456 e. The number of benzene rings is 4. The van der Waals surface area contributed by atoms with Gasteiger partial charge in [0.2, 0.25) is 0 Å². The van der Waals surface area contributed by atoms with E-state index in [2.05, 4.69) is 6.08 Å². The minimum absolute atomic E-state index is 0.0188. The highest BCUT2D eigenvalue weighted by atomic mass is 16.7. The molecule has 3 heterocycles. The lowest BCUT2D eigenvalue weighted by Crippen LogP contribution is -2.56. The number of carbonyl (C=O) groups is 5.